The first-order valence-corrected chi connectivity index (χ1v) is 30.6. The maximum atomic E-state index is 4.45. The van der Waals surface area contributed by atoms with Crippen molar-refractivity contribution in [3.8, 4) is 44.5 Å². The lowest BCUT2D eigenvalue weighted by molar-refractivity contribution is 0.590. The summed E-state index contributed by atoms with van der Waals surface area (Å²) in [5.41, 5.74) is 33.4. The summed E-state index contributed by atoms with van der Waals surface area (Å²) < 4.78 is 5.15. The van der Waals surface area contributed by atoms with Gasteiger partial charge in [-0.2, -0.15) is 0 Å². The number of nitrogens with zero attached hydrogens (tertiary/aromatic N) is 2. The molecule has 0 unspecified atom stereocenters. The number of hydrogen-bond donors (Lipinski definition) is 2. The first-order valence-electron chi connectivity index (χ1n) is 30.6. The Balaban J connectivity index is 1.18. The van der Waals surface area contributed by atoms with Crippen LogP contribution in [-0.4, -0.2) is 30.4 Å². The number of para-hydroxylation sites is 2. The van der Waals surface area contributed by atoms with Crippen molar-refractivity contribution in [1.82, 2.24) is 9.13 Å². The summed E-state index contributed by atoms with van der Waals surface area (Å²) in [5.74, 6) is 0. The number of nitrogens with one attached hydrogen (secondary N) is 2. The van der Waals surface area contributed by atoms with Crippen LogP contribution in [0, 0.1) is 0 Å². The Morgan fingerprint density at radius 2 is 0.711 bits per heavy atom. The van der Waals surface area contributed by atoms with Crippen molar-refractivity contribution in [3.63, 3.8) is 0 Å². The summed E-state index contributed by atoms with van der Waals surface area (Å²) in [6.07, 6.45) is 0. The summed E-state index contributed by atoms with van der Waals surface area (Å²) in [6, 6.07) is 56.3. The zero-order valence-corrected chi connectivity index (χ0v) is 51.6. The van der Waals surface area contributed by atoms with Crippen LogP contribution in [0.15, 0.2) is 140 Å². The molecule has 15 rings (SSSR count). The molecule has 4 bridgehead atoms. The number of rotatable bonds is 2. The lowest BCUT2D eigenvalue weighted by Crippen LogP contribution is -2.60. The second-order valence-electron chi connectivity index (χ2n) is 29.6. The third-order valence-electron chi connectivity index (χ3n) is 19.3. The molecule has 408 valence electrons. The van der Waals surface area contributed by atoms with E-state index in [-0.39, 0.29) is 40.5 Å². The molecule has 0 fully saturated rings. The highest BCUT2D eigenvalue weighted by atomic mass is 15.0. The summed E-state index contributed by atoms with van der Waals surface area (Å²) in [4.78, 5) is 0. The molecule has 4 nitrogen and oxygen atoms in total. The lowest BCUT2D eigenvalue weighted by atomic mass is 9.32. The van der Waals surface area contributed by atoms with Gasteiger partial charge in [0.25, 0.3) is 6.71 Å². The molecule has 9 aromatic carbocycles. The van der Waals surface area contributed by atoms with Gasteiger partial charge in [0.15, 0.2) is 14.6 Å². The Morgan fingerprint density at radius 3 is 1.10 bits per heavy atom. The van der Waals surface area contributed by atoms with Crippen molar-refractivity contribution < 1.29 is 0 Å². The van der Waals surface area contributed by atoms with Crippen LogP contribution in [0.25, 0.3) is 88.1 Å². The largest absolute Gasteiger partial charge is 0.355 e. The van der Waals surface area contributed by atoms with Crippen LogP contribution >= 0.6 is 0 Å². The molecule has 4 aliphatic rings. The minimum absolute atomic E-state index is 0.0658. The molecule has 4 aliphatic heterocycles. The summed E-state index contributed by atoms with van der Waals surface area (Å²) >= 11 is 0. The van der Waals surface area contributed by atoms with Crippen LogP contribution in [-0.2, 0) is 21.7 Å². The highest BCUT2D eigenvalue weighted by Crippen LogP contribution is 2.49. The van der Waals surface area contributed by atoms with Crippen molar-refractivity contribution in [2.75, 3.05) is 10.6 Å². The Labute approximate surface area is 493 Å². The van der Waals surface area contributed by atoms with Gasteiger partial charge in [-0.1, -0.05) is 202 Å². The molecule has 2 radical (unpaired) electrons. The first-order chi connectivity index (χ1) is 39.3. The quantitative estimate of drug-likeness (QED) is 0.169. The standard InChI is InChI=1S/C76H75B3N4/c1-40(2)82-64-23-19-17-21-48(64)52-36-60-50(38-66(52)82)56-35-57-51-39-67-53(49-22-18-20-24-65(49)83(67)41(3)4)37-61(51)78-59-32-43(74(8,9)10)26-28-47(59)55-30-45(76(14,15)16)34-63-70(55)81-72(57)68-71(56)80-69-54(29-44(75(11,12)13)33-62(69)79(63)68)46-27-25-42(73(5,6)7)31-58(46)77-60/h17-41,80-81H,1-16H3. The van der Waals surface area contributed by atoms with Crippen LogP contribution < -0.4 is 48.9 Å². The fourth-order valence-electron chi connectivity index (χ4n) is 14.8. The predicted molar refractivity (Wildman–Crippen MR) is 364 cm³/mol. The Hall–Kier alpha value is -7.63. The first kappa shape index (κ1) is 52.2. The van der Waals surface area contributed by atoms with E-state index in [1.807, 2.05) is 0 Å². The third kappa shape index (κ3) is 7.74. The van der Waals surface area contributed by atoms with Gasteiger partial charge in [0, 0.05) is 101 Å². The molecule has 0 saturated carbocycles. The molecule has 83 heavy (non-hydrogen) atoms. The molecule has 0 aliphatic carbocycles. The van der Waals surface area contributed by atoms with Gasteiger partial charge in [-0.3, -0.25) is 0 Å². The molecule has 0 amide bonds. The summed E-state index contributed by atoms with van der Waals surface area (Å²) in [6.45, 7) is 37.7. The zero-order valence-electron chi connectivity index (χ0n) is 51.6. The average molecular weight is 1080 g/mol. The maximum Gasteiger partial charge on any atom is 0.252 e. The van der Waals surface area contributed by atoms with E-state index in [4.69, 9.17) is 0 Å². The molecule has 2 N–H and O–H groups in total. The second kappa shape index (κ2) is 17.5. The van der Waals surface area contributed by atoms with Crippen LogP contribution in [0.2, 0.25) is 0 Å². The number of hydrogen-bond acceptors (Lipinski definition) is 2. The Morgan fingerprint density at radius 1 is 0.337 bits per heavy atom. The van der Waals surface area contributed by atoms with Gasteiger partial charge in [0.05, 0.1) is 0 Å². The smallest absolute Gasteiger partial charge is 0.252 e. The van der Waals surface area contributed by atoms with Crippen LogP contribution in [0.4, 0.5) is 22.7 Å². The number of fused-ring (bicyclic) bond motifs is 16. The highest BCUT2D eigenvalue weighted by Gasteiger charge is 2.45. The summed E-state index contributed by atoms with van der Waals surface area (Å²) in [5, 5.41) is 14.0. The van der Waals surface area contributed by atoms with E-state index in [0.29, 0.717) is 0 Å². The predicted octanol–water partition coefficient (Wildman–Crippen LogP) is 15.5. The van der Waals surface area contributed by atoms with Gasteiger partial charge in [-0.25, -0.2) is 0 Å². The molecule has 6 heterocycles. The molecule has 7 heteroatoms. The van der Waals surface area contributed by atoms with E-state index < -0.39 is 0 Å². The van der Waals surface area contributed by atoms with E-state index in [1.54, 1.807) is 0 Å². The molecule has 11 aromatic rings. The number of aromatic nitrogens is 2. The zero-order chi connectivity index (χ0) is 57.9. The topological polar surface area (TPSA) is 33.9 Å². The van der Waals surface area contributed by atoms with Crippen LogP contribution in [0.5, 0.6) is 0 Å². The monoisotopic (exact) mass is 1080 g/mol. The minimum atomic E-state index is -0.150. The van der Waals surface area contributed by atoms with E-state index >= 15 is 0 Å². The van der Waals surface area contributed by atoms with E-state index in [0.717, 1.165) is 0 Å². The van der Waals surface area contributed by atoms with Gasteiger partial charge >= 0.3 is 0 Å². The van der Waals surface area contributed by atoms with Gasteiger partial charge in [0.2, 0.25) is 0 Å². The van der Waals surface area contributed by atoms with Crippen molar-refractivity contribution >= 4 is 126 Å². The van der Waals surface area contributed by atoms with Crippen molar-refractivity contribution in [2.24, 2.45) is 0 Å². The molecule has 0 saturated heterocycles. The van der Waals surface area contributed by atoms with Crippen LogP contribution in [0.3, 0.4) is 0 Å². The summed E-state index contributed by atoms with van der Waals surface area (Å²) in [7, 11) is 5.09. The lowest BCUT2D eigenvalue weighted by Gasteiger charge is -2.41. The Kier molecular flexibility index (Phi) is 11.0. The minimum Gasteiger partial charge on any atom is -0.355 e. The van der Waals surface area contributed by atoms with Gasteiger partial charge < -0.3 is 19.8 Å². The fourth-order valence-corrected chi connectivity index (χ4v) is 14.8. The molecule has 0 atom stereocenters. The Bertz CT molecular complexity index is 4380. The second-order valence-corrected chi connectivity index (χ2v) is 29.6. The maximum absolute atomic E-state index is 4.45. The number of benzene rings is 9. The van der Waals surface area contributed by atoms with E-state index in [2.05, 4.69) is 285 Å². The molecule has 0 spiro atoms. The van der Waals surface area contributed by atoms with Crippen LogP contribution in [0.1, 0.15) is 145 Å². The van der Waals surface area contributed by atoms with Crippen molar-refractivity contribution in [2.45, 2.75) is 145 Å². The third-order valence-corrected chi connectivity index (χ3v) is 19.3. The van der Waals surface area contributed by atoms with Gasteiger partial charge in [-0.05, 0) is 153 Å². The van der Waals surface area contributed by atoms with Crippen molar-refractivity contribution in [3.05, 3.63) is 162 Å². The molecular weight excluding hydrogens is 1000 g/mol. The normalized spacial score (nSPS) is 14.1. The highest BCUT2D eigenvalue weighted by molar-refractivity contribution is 7.01. The molecule has 2 aromatic heterocycles. The SMILES string of the molecule is CC(C)n1c2ccccc2c2cc3c(cc21)-c1cc2c4c5c1Nc1c(cc(C(C)(C)C)cc1-c1ccc(C(C)(C)C)cc1[B]3)B5c1cc(C(C)(C)C)cc(c1N4)-c1ccc(C(C)(C)C)cc1[B]c1cc3c4ccccc4n(C(C)C)c3cc1-2. The average Bonchev–Trinajstić information content (AvgIpc) is 3.20. The van der Waals surface area contributed by atoms with Gasteiger partial charge in [-0.15, -0.1) is 0 Å². The van der Waals surface area contributed by atoms with E-state index in [9.17, 15) is 0 Å². The molecular formula is C76H75B3N4. The number of anilines is 4. The fraction of sp³-hybridized carbons (Fsp3) is 0.289. The van der Waals surface area contributed by atoms with E-state index in [1.165, 1.54) is 171 Å². The van der Waals surface area contributed by atoms with Gasteiger partial charge in [0.1, 0.15) is 0 Å². The van der Waals surface area contributed by atoms with Crippen molar-refractivity contribution in [1.29, 1.82) is 0 Å².